The van der Waals surface area contributed by atoms with Crippen LogP contribution >= 0.6 is 11.6 Å². The molecule has 0 fully saturated rings. The van der Waals surface area contributed by atoms with Gasteiger partial charge >= 0.3 is 0 Å². The maximum atomic E-state index is 11.8. The van der Waals surface area contributed by atoms with Gasteiger partial charge in [-0.05, 0) is 19.1 Å². The Kier molecular flexibility index (Phi) is 3.53. The summed E-state index contributed by atoms with van der Waals surface area (Å²) in [7, 11) is -3.38. The lowest BCUT2D eigenvalue weighted by atomic mass is 10.4. The Morgan fingerprint density at radius 3 is 2.50 bits per heavy atom. The van der Waals surface area contributed by atoms with E-state index in [0.29, 0.717) is 0 Å². The molecule has 1 aromatic carbocycles. The Balaban J connectivity index is 3.24. The molecule has 0 aliphatic heterocycles. The van der Waals surface area contributed by atoms with Crippen molar-refractivity contribution in [2.75, 3.05) is 6.54 Å². The molecular weight excluding hydrogens is 222 g/mol. The summed E-state index contributed by atoms with van der Waals surface area (Å²) in [6.07, 6.45) is 0. The summed E-state index contributed by atoms with van der Waals surface area (Å²) in [6.45, 7) is 1.66. The van der Waals surface area contributed by atoms with Gasteiger partial charge in [0.05, 0.1) is 15.2 Å². The first kappa shape index (κ1) is 11.5. The van der Waals surface area contributed by atoms with E-state index < -0.39 is 15.1 Å². The molecule has 0 saturated carbocycles. The topological polar surface area (TPSA) is 60.2 Å². The van der Waals surface area contributed by atoms with Gasteiger partial charge in [-0.15, -0.1) is 0 Å². The Morgan fingerprint density at radius 1 is 1.43 bits per heavy atom. The van der Waals surface area contributed by atoms with Crippen molar-refractivity contribution in [3.8, 4) is 0 Å². The Hall–Kier alpha value is -0.580. The van der Waals surface area contributed by atoms with Gasteiger partial charge in [-0.2, -0.15) is 0 Å². The highest BCUT2D eigenvalue weighted by Crippen LogP contribution is 2.23. The maximum absolute atomic E-state index is 11.8. The zero-order chi connectivity index (χ0) is 10.8. The summed E-state index contributed by atoms with van der Waals surface area (Å²) >= 11 is 5.79. The van der Waals surface area contributed by atoms with E-state index >= 15 is 0 Å². The molecule has 0 spiro atoms. The van der Waals surface area contributed by atoms with Crippen LogP contribution in [0, 0.1) is 0 Å². The van der Waals surface area contributed by atoms with Crippen molar-refractivity contribution in [2.45, 2.75) is 17.1 Å². The van der Waals surface area contributed by atoms with Gasteiger partial charge in [0, 0.05) is 6.54 Å². The van der Waals surface area contributed by atoms with Crippen LogP contribution in [-0.4, -0.2) is 20.2 Å². The van der Waals surface area contributed by atoms with E-state index in [1.54, 1.807) is 25.1 Å². The average Bonchev–Trinajstić information content (AvgIpc) is 2.17. The molecule has 0 aromatic heterocycles. The molecule has 78 valence electrons. The molecule has 5 heteroatoms. The number of hydrogen-bond donors (Lipinski definition) is 1. The Labute approximate surface area is 88.8 Å². The molecule has 0 amide bonds. The zero-order valence-electron chi connectivity index (χ0n) is 7.77. The van der Waals surface area contributed by atoms with Gasteiger partial charge in [-0.1, -0.05) is 23.7 Å². The van der Waals surface area contributed by atoms with Gasteiger partial charge in [-0.3, -0.25) is 0 Å². The second kappa shape index (κ2) is 4.29. The molecule has 1 unspecified atom stereocenters. The third-order valence-corrected chi connectivity index (χ3v) is 4.67. The fourth-order valence-electron chi connectivity index (χ4n) is 1.02. The molecular formula is C9H12ClNO2S. The first-order chi connectivity index (χ1) is 6.50. The number of halogens is 1. The molecule has 0 aliphatic rings. The minimum Gasteiger partial charge on any atom is -0.329 e. The maximum Gasteiger partial charge on any atom is 0.183 e. The van der Waals surface area contributed by atoms with E-state index in [-0.39, 0.29) is 16.5 Å². The molecule has 0 saturated heterocycles. The van der Waals surface area contributed by atoms with Crippen LogP contribution in [0.25, 0.3) is 0 Å². The van der Waals surface area contributed by atoms with Gasteiger partial charge in [-0.25, -0.2) is 8.42 Å². The second-order valence-corrected chi connectivity index (χ2v) is 5.76. The van der Waals surface area contributed by atoms with Gasteiger partial charge in [0.25, 0.3) is 0 Å². The largest absolute Gasteiger partial charge is 0.329 e. The summed E-state index contributed by atoms with van der Waals surface area (Å²) in [6, 6.07) is 6.37. The highest BCUT2D eigenvalue weighted by atomic mass is 35.5. The van der Waals surface area contributed by atoms with Crippen LogP contribution in [0.5, 0.6) is 0 Å². The first-order valence-corrected chi connectivity index (χ1v) is 6.11. The summed E-state index contributed by atoms with van der Waals surface area (Å²) in [5, 5.41) is -0.366. The lowest BCUT2D eigenvalue weighted by Crippen LogP contribution is -2.26. The van der Waals surface area contributed by atoms with E-state index in [1.807, 2.05) is 0 Å². The molecule has 2 N–H and O–H groups in total. The molecule has 1 aromatic rings. The fraction of sp³-hybridized carbons (Fsp3) is 0.333. The molecule has 1 rings (SSSR count). The van der Waals surface area contributed by atoms with Crippen LogP contribution in [-0.2, 0) is 9.84 Å². The summed E-state index contributed by atoms with van der Waals surface area (Å²) < 4.78 is 23.6. The van der Waals surface area contributed by atoms with E-state index in [2.05, 4.69) is 0 Å². The predicted octanol–water partition coefficient (Wildman–Crippen LogP) is 1.46. The Bertz CT molecular complexity index is 417. The van der Waals surface area contributed by atoms with Crippen molar-refractivity contribution in [3.63, 3.8) is 0 Å². The van der Waals surface area contributed by atoms with Crippen LogP contribution < -0.4 is 5.73 Å². The van der Waals surface area contributed by atoms with E-state index in [0.717, 1.165) is 0 Å². The summed E-state index contributed by atoms with van der Waals surface area (Å²) in [5.41, 5.74) is 5.32. The smallest absolute Gasteiger partial charge is 0.183 e. The summed E-state index contributed by atoms with van der Waals surface area (Å²) in [5.74, 6) is 0. The SMILES string of the molecule is CC(CN)S(=O)(=O)c1ccccc1Cl. The van der Waals surface area contributed by atoms with Gasteiger partial charge < -0.3 is 5.73 Å². The van der Waals surface area contributed by atoms with Crippen LogP contribution in [0.4, 0.5) is 0 Å². The lowest BCUT2D eigenvalue weighted by Gasteiger charge is -2.11. The van der Waals surface area contributed by atoms with Crippen molar-refractivity contribution in [1.29, 1.82) is 0 Å². The second-order valence-electron chi connectivity index (χ2n) is 3.02. The van der Waals surface area contributed by atoms with Crippen molar-refractivity contribution < 1.29 is 8.42 Å². The van der Waals surface area contributed by atoms with Crippen molar-refractivity contribution in [2.24, 2.45) is 5.73 Å². The number of hydrogen-bond acceptors (Lipinski definition) is 3. The number of sulfone groups is 1. The van der Waals surface area contributed by atoms with Gasteiger partial charge in [0.15, 0.2) is 9.84 Å². The predicted molar refractivity (Wildman–Crippen MR) is 57.2 cm³/mol. The van der Waals surface area contributed by atoms with Crippen molar-refractivity contribution >= 4 is 21.4 Å². The molecule has 0 radical (unpaired) electrons. The van der Waals surface area contributed by atoms with E-state index in [1.165, 1.54) is 6.07 Å². The molecule has 14 heavy (non-hydrogen) atoms. The molecule has 3 nitrogen and oxygen atoms in total. The minimum absolute atomic E-state index is 0.0908. The highest BCUT2D eigenvalue weighted by Gasteiger charge is 2.23. The number of benzene rings is 1. The normalized spacial score (nSPS) is 13.9. The quantitative estimate of drug-likeness (QED) is 0.860. The van der Waals surface area contributed by atoms with Gasteiger partial charge in [0.1, 0.15) is 0 Å². The zero-order valence-corrected chi connectivity index (χ0v) is 9.35. The van der Waals surface area contributed by atoms with Crippen LogP contribution in [0.15, 0.2) is 29.2 Å². The lowest BCUT2D eigenvalue weighted by molar-refractivity contribution is 0.584. The first-order valence-electron chi connectivity index (χ1n) is 4.18. The summed E-state index contributed by atoms with van der Waals surface area (Å²) in [4.78, 5) is 0.152. The third-order valence-electron chi connectivity index (χ3n) is 2.00. The van der Waals surface area contributed by atoms with Crippen LogP contribution in [0.3, 0.4) is 0 Å². The van der Waals surface area contributed by atoms with E-state index in [4.69, 9.17) is 17.3 Å². The molecule has 0 bridgehead atoms. The standard InChI is InChI=1S/C9H12ClNO2S/c1-7(6-11)14(12,13)9-5-3-2-4-8(9)10/h2-5,7H,6,11H2,1H3. The monoisotopic (exact) mass is 233 g/mol. The fourth-order valence-corrected chi connectivity index (χ4v) is 2.77. The number of nitrogens with two attached hydrogens (primary N) is 1. The van der Waals surface area contributed by atoms with E-state index in [9.17, 15) is 8.42 Å². The molecule has 0 heterocycles. The highest BCUT2D eigenvalue weighted by molar-refractivity contribution is 7.92. The minimum atomic E-state index is -3.38. The Morgan fingerprint density at radius 2 is 2.00 bits per heavy atom. The van der Waals surface area contributed by atoms with Crippen LogP contribution in [0.1, 0.15) is 6.92 Å². The van der Waals surface area contributed by atoms with Gasteiger partial charge in [0.2, 0.25) is 0 Å². The van der Waals surface area contributed by atoms with Crippen molar-refractivity contribution in [1.82, 2.24) is 0 Å². The molecule has 0 aliphatic carbocycles. The average molecular weight is 234 g/mol. The number of rotatable bonds is 3. The van der Waals surface area contributed by atoms with Crippen molar-refractivity contribution in [3.05, 3.63) is 29.3 Å². The van der Waals surface area contributed by atoms with Crippen LogP contribution in [0.2, 0.25) is 5.02 Å². The molecule has 1 atom stereocenters. The third kappa shape index (κ3) is 2.08.